The van der Waals surface area contributed by atoms with E-state index in [9.17, 15) is 0 Å². The molecule has 252 valence electrons. The van der Waals surface area contributed by atoms with Crippen LogP contribution in [0.4, 0.5) is 0 Å². The van der Waals surface area contributed by atoms with Crippen LogP contribution in [-0.4, -0.2) is 0 Å². The molecule has 0 aliphatic heterocycles. The second kappa shape index (κ2) is 17.2. The molecule has 0 heterocycles. The predicted octanol–water partition coefficient (Wildman–Crippen LogP) is 10.8. The fraction of sp³-hybridized carbons (Fsp3) is 0.0400. The fourth-order valence-electron chi connectivity index (χ4n) is 6.71. The molecule has 0 N–H and O–H groups in total. The monoisotopic (exact) mass is 704 g/mol. The zero-order valence-corrected chi connectivity index (χ0v) is 31.5. The summed E-state index contributed by atoms with van der Waals surface area (Å²) in [6, 6.07) is 79.0. The summed E-state index contributed by atoms with van der Waals surface area (Å²) in [6.07, 6.45) is 0. The smallest absolute Gasteiger partial charge is 0.00724 e. The van der Waals surface area contributed by atoms with Gasteiger partial charge >= 0.3 is 0 Å². The second-order valence-electron chi connectivity index (χ2n) is 12.7. The van der Waals surface area contributed by atoms with E-state index in [1.165, 1.54) is 65.2 Å². The maximum absolute atomic E-state index is 2.34. The van der Waals surface area contributed by atoms with E-state index >= 15 is 0 Å². The molecule has 8 rings (SSSR count). The van der Waals surface area contributed by atoms with E-state index in [0.717, 1.165) is 0 Å². The minimum absolute atomic E-state index is 0.723. The minimum atomic E-state index is -0.723. The number of benzene rings is 8. The van der Waals surface area contributed by atoms with Gasteiger partial charge in [0.15, 0.2) is 0 Å². The Labute approximate surface area is 312 Å². The second-order valence-corrected chi connectivity index (χ2v) is 17.0. The molecule has 0 nitrogen and oxygen atoms in total. The molecule has 0 spiro atoms. The Kier molecular flexibility index (Phi) is 11.6. The van der Waals surface area contributed by atoms with Gasteiger partial charge in [0.1, 0.15) is 0 Å². The summed E-state index contributed by atoms with van der Waals surface area (Å²) in [6.45, 7) is 4.31. The lowest BCUT2D eigenvalue weighted by atomic mass is 9.97. The van der Waals surface area contributed by atoms with E-state index < -0.39 is 15.8 Å². The van der Waals surface area contributed by atoms with Gasteiger partial charge in [-0.15, -0.1) is 0 Å². The Hall–Kier alpha value is -5.38. The largest absolute Gasteiger partial charge is 0.0622 e. The van der Waals surface area contributed by atoms with Gasteiger partial charge in [-0.1, -0.05) is 218 Å². The molecule has 0 amide bonds. The van der Waals surface area contributed by atoms with Crippen LogP contribution in [0.3, 0.4) is 0 Å². The quantitative estimate of drug-likeness (QED) is 0.138. The highest BCUT2D eigenvalue weighted by molar-refractivity contribution is 7.80. The molecule has 8 aromatic rings. The summed E-state index contributed by atoms with van der Waals surface area (Å²) in [5, 5.41) is 8.25. The van der Waals surface area contributed by atoms with E-state index in [1.54, 1.807) is 0 Å². The number of aryl methyl sites for hydroxylation is 2. The van der Waals surface area contributed by atoms with Gasteiger partial charge in [-0.05, 0) is 94.9 Å². The maximum atomic E-state index is 2.34. The molecule has 0 unspecified atom stereocenters. The molecule has 8 aromatic carbocycles. The number of hydrogen-bond acceptors (Lipinski definition) is 0. The van der Waals surface area contributed by atoms with Crippen LogP contribution in [0.2, 0.25) is 0 Å². The van der Waals surface area contributed by atoms with Crippen LogP contribution < -0.4 is 31.8 Å². The Morgan fingerprint density at radius 3 is 0.750 bits per heavy atom. The molecule has 0 atom stereocenters. The lowest BCUT2D eigenvalue weighted by molar-refractivity contribution is 1.41. The van der Waals surface area contributed by atoms with Gasteiger partial charge in [0.25, 0.3) is 0 Å². The summed E-state index contributed by atoms with van der Waals surface area (Å²) in [7, 11) is -1.45. The van der Waals surface area contributed by atoms with E-state index in [2.05, 4.69) is 232 Å². The average Bonchev–Trinajstić information content (AvgIpc) is 3.21. The first-order valence-corrected chi connectivity index (χ1v) is 20.5. The molecular weight excluding hydrogens is 662 g/mol. The SMILES string of the molecule is Cc1ccccc1-c1ccccc1C.c1ccc(P(c2ccccc2)c2ccccc2-c2ccccc2P(c2ccccc2)c2ccccc2)cc1. The maximum Gasteiger partial charge on any atom is -0.00724 e. The third kappa shape index (κ3) is 8.06. The summed E-state index contributed by atoms with van der Waals surface area (Å²) in [4.78, 5) is 0. The highest BCUT2D eigenvalue weighted by Gasteiger charge is 2.24. The zero-order chi connectivity index (χ0) is 35.5. The summed E-state index contributed by atoms with van der Waals surface area (Å²) in [5.41, 5.74) is 7.99. The van der Waals surface area contributed by atoms with Crippen LogP contribution >= 0.6 is 15.8 Å². The number of rotatable bonds is 8. The predicted molar refractivity (Wildman–Crippen MR) is 231 cm³/mol. The molecule has 0 aliphatic carbocycles. The van der Waals surface area contributed by atoms with Crippen molar-refractivity contribution in [1.82, 2.24) is 0 Å². The summed E-state index contributed by atoms with van der Waals surface area (Å²) < 4.78 is 0. The fourth-order valence-corrected chi connectivity index (χ4v) is 11.6. The van der Waals surface area contributed by atoms with Crippen molar-refractivity contribution in [3.8, 4) is 22.3 Å². The van der Waals surface area contributed by atoms with Gasteiger partial charge in [0.05, 0.1) is 0 Å². The molecule has 52 heavy (non-hydrogen) atoms. The van der Waals surface area contributed by atoms with Gasteiger partial charge in [-0.3, -0.25) is 0 Å². The van der Waals surface area contributed by atoms with Gasteiger partial charge in [0, 0.05) is 0 Å². The first kappa shape index (κ1) is 35.0. The first-order valence-electron chi connectivity index (χ1n) is 17.8. The van der Waals surface area contributed by atoms with E-state index in [1.807, 2.05) is 0 Å². The summed E-state index contributed by atoms with van der Waals surface area (Å²) >= 11 is 0. The molecule has 0 saturated carbocycles. The van der Waals surface area contributed by atoms with Crippen molar-refractivity contribution in [3.05, 3.63) is 230 Å². The van der Waals surface area contributed by atoms with E-state index in [0.29, 0.717) is 0 Å². The zero-order valence-electron chi connectivity index (χ0n) is 29.7. The first-order chi connectivity index (χ1) is 25.7. The van der Waals surface area contributed by atoms with Crippen molar-refractivity contribution in [2.75, 3.05) is 0 Å². The standard InChI is InChI=1S/C36H28P2.C14H14/c1-5-17-29(18-6-1)37(30-19-7-2-8-20-30)35-27-15-13-25-33(35)34-26-14-16-28-36(34)38(31-21-9-3-10-22-31)32-23-11-4-12-24-32;1-11-7-3-5-9-13(11)14-10-6-4-8-12(14)2/h1-28H;3-10H,1-2H3. The van der Waals surface area contributed by atoms with Crippen LogP contribution in [0, 0.1) is 13.8 Å². The lowest BCUT2D eigenvalue weighted by Crippen LogP contribution is -2.25. The van der Waals surface area contributed by atoms with Crippen LogP contribution in [0.15, 0.2) is 218 Å². The molecule has 0 aliphatic rings. The summed E-state index contributed by atoms with van der Waals surface area (Å²) in [5.74, 6) is 0. The highest BCUT2D eigenvalue weighted by atomic mass is 31.1. The highest BCUT2D eigenvalue weighted by Crippen LogP contribution is 2.41. The van der Waals surface area contributed by atoms with Gasteiger partial charge in [-0.25, -0.2) is 0 Å². The van der Waals surface area contributed by atoms with Crippen LogP contribution in [0.25, 0.3) is 22.3 Å². The Balaban J connectivity index is 0.000000251. The molecule has 0 aromatic heterocycles. The van der Waals surface area contributed by atoms with Crippen molar-refractivity contribution in [1.29, 1.82) is 0 Å². The molecule has 0 saturated heterocycles. The molecular formula is C50H42P2. The molecule has 0 fully saturated rings. The van der Waals surface area contributed by atoms with Gasteiger partial charge in [-0.2, -0.15) is 0 Å². The Morgan fingerprint density at radius 2 is 0.462 bits per heavy atom. The molecule has 0 bridgehead atoms. The van der Waals surface area contributed by atoms with Crippen LogP contribution in [0.1, 0.15) is 11.1 Å². The third-order valence-corrected chi connectivity index (χ3v) is 14.2. The topological polar surface area (TPSA) is 0 Å². The van der Waals surface area contributed by atoms with Crippen molar-refractivity contribution < 1.29 is 0 Å². The number of hydrogen-bond donors (Lipinski definition) is 0. The lowest BCUT2D eigenvalue weighted by Gasteiger charge is -2.26. The minimum Gasteiger partial charge on any atom is -0.0622 e. The van der Waals surface area contributed by atoms with Crippen molar-refractivity contribution in [2.24, 2.45) is 0 Å². The molecule has 0 radical (unpaired) electrons. The molecule has 2 heteroatoms. The normalized spacial score (nSPS) is 10.8. The van der Waals surface area contributed by atoms with E-state index in [-0.39, 0.29) is 0 Å². The third-order valence-electron chi connectivity index (χ3n) is 9.22. The Bertz CT molecular complexity index is 2070. The Morgan fingerprint density at radius 1 is 0.231 bits per heavy atom. The average molecular weight is 705 g/mol. The van der Waals surface area contributed by atoms with Gasteiger partial charge in [0.2, 0.25) is 0 Å². The van der Waals surface area contributed by atoms with E-state index in [4.69, 9.17) is 0 Å². The van der Waals surface area contributed by atoms with Crippen LogP contribution in [0.5, 0.6) is 0 Å². The van der Waals surface area contributed by atoms with Crippen molar-refractivity contribution in [3.63, 3.8) is 0 Å². The van der Waals surface area contributed by atoms with Crippen LogP contribution in [-0.2, 0) is 0 Å². The van der Waals surface area contributed by atoms with Crippen molar-refractivity contribution in [2.45, 2.75) is 13.8 Å². The van der Waals surface area contributed by atoms with Gasteiger partial charge < -0.3 is 0 Å². The van der Waals surface area contributed by atoms with Crippen molar-refractivity contribution >= 4 is 47.7 Å².